The van der Waals surface area contributed by atoms with Crippen LogP contribution in [0.5, 0.6) is 5.75 Å². The molecule has 3 aromatic rings. The molecule has 0 saturated heterocycles. The van der Waals surface area contributed by atoms with Gasteiger partial charge in [0.15, 0.2) is 0 Å². The van der Waals surface area contributed by atoms with Crippen LogP contribution in [0, 0.1) is 0 Å². The Morgan fingerprint density at radius 3 is 2.86 bits per heavy atom. The quantitative estimate of drug-likeness (QED) is 0.587. The van der Waals surface area contributed by atoms with Gasteiger partial charge in [-0.15, -0.1) is 0 Å². The smallest absolute Gasteiger partial charge is 0.248 e. The van der Waals surface area contributed by atoms with Crippen molar-refractivity contribution in [1.82, 2.24) is 9.55 Å². The van der Waals surface area contributed by atoms with Crippen molar-refractivity contribution in [2.24, 2.45) is 0 Å². The van der Waals surface area contributed by atoms with Crippen LogP contribution in [0.3, 0.4) is 0 Å². The first-order chi connectivity index (χ1) is 14.3. The summed E-state index contributed by atoms with van der Waals surface area (Å²) in [6.07, 6.45) is 13.8. The molecule has 1 N–H and O–H groups in total. The molecule has 1 aliphatic carbocycles. The molecule has 148 valence electrons. The molecule has 0 atom stereocenters. The van der Waals surface area contributed by atoms with Gasteiger partial charge in [0.1, 0.15) is 5.75 Å². The predicted molar refractivity (Wildman–Crippen MR) is 115 cm³/mol. The minimum atomic E-state index is -0.162. The van der Waals surface area contributed by atoms with E-state index >= 15 is 0 Å². The maximum Gasteiger partial charge on any atom is 0.248 e. The Kier molecular flexibility index (Phi) is 6.05. The number of hydrogen-bond donors (Lipinski definition) is 1. The van der Waals surface area contributed by atoms with Gasteiger partial charge in [0, 0.05) is 24.2 Å². The van der Waals surface area contributed by atoms with Gasteiger partial charge in [0.2, 0.25) is 5.91 Å². The molecule has 1 aromatic heterocycles. The van der Waals surface area contributed by atoms with E-state index in [2.05, 4.69) is 10.3 Å². The minimum Gasteiger partial charge on any atom is -0.490 e. The molecule has 5 heteroatoms. The summed E-state index contributed by atoms with van der Waals surface area (Å²) in [5, 5.41) is 2.98. The maximum atomic E-state index is 12.5. The van der Waals surface area contributed by atoms with Crippen LogP contribution < -0.4 is 10.1 Å². The summed E-state index contributed by atoms with van der Waals surface area (Å²) in [5.74, 6) is 0.704. The molecule has 1 saturated carbocycles. The largest absolute Gasteiger partial charge is 0.490 e. The van der Waals surface area contributed by atoms with Crippen molar-refractivity contribution in [1.29, 1.82) is 0 Å². The monoisotopic (exact) mass is 387 g/mol. The van der Waals surface area contributed by atoms with Crippen LogP contribution in [0.4, 0.5) is 5.69 Å². The highest BCUT2D eigenvalue weighted by molar-refractivity contribution is 6.02. The lowest BCUT2D eigenvalue weighted by atomic mass is 10.1. The predicted octanol–water partition coefficient (Wildman–Crippen LogP) is 4.90. The Morgan fingerprint density at radius 2 is 2.03 bits per heavy atom. The summed E-state index contributed by atoms with van der Waals surface area (Å²) < 4.78 is 8.01. The highest BCUT2D eigenvalue weighted by Crippen LogP contribution is 2.25. The number of nitrogens with zero attached hydrogens (tertiary/aromatic N) is 2. The molecule has 1 fully saturated rings. The topological polar surface area (TPSA) is 56.1 Å². The van der Waals surface area contributed by atoms with Gasteiger partial charge in [-0.25, -0.2) is 4.98 Å². The second-order valence-corrected chi connectivity index (χ2v) is 7.31. The van der Waals surface area contributed by atoms with Crippen molar-refractivity contribution in [2.75, 3.05) is 5.32 Å². The van der Waals surface area contributed by atoms with E-state index in [1.807, 2.05) is 65.4 Å². The summed E-state index contributed by atoms with van der Waals surface area (Å²) in [6.45, 7) is 0.653. The Balaban J connectivity index is 1.39. The number of carbonyl (C=O) groups excluding carboxylic acids is 1. The van der Waals surface area contributed by atoms with Crippen LogP contribution in [0.25, 0.3) is 6.08 Å². The third-order valence-corrected chi connectivity index (χ3v) is 5.08. The molecule has 29 heavy (non-hydrogen) atoms. The van der Waals surface area contributed by atoms with E-state index in [1.54, 1.807) is 18.6 Å². The first kappa shape index (κ1) is 19.0. The summed E-state index contributed by atoms with van der Waals surface area (Å²) >= 11 is 0. The third kappa shape index (κ3) is 5.35. The van der Waals surface area contributed by atoms with Crippen LogP contribution >= 0.6 is 0 Å². The van der Waals surface area contributed by atoms with E-state index in [-0.39, 0.29) is 5.91 Å². The summed E-state index contributed by atoms with van der Waals surface area (Å²) in [6, 6.07) is 15.7. The van der Waals surface area contributed by atoms with Gasteiger partial charge >= 0.3 is 0 Å². The van der Waals surface area contributed by atoms with Crippen molar-refractivity contribution < 1.29 is 9.53 Å². The number of imidazole rings is 1. The molecule has 0 unspecified atom stereocenters. The fourth-order valence-corrected chi connectivity index (χ4v) is 3.59. The molecule has 0 radical (unpaired) electrons. The number of para-hydroxylation sites is 1. The number of anilines is 1. The van der Waals surface area contributed by atoms with E-state index in [4.69, 9.17) is 4.74 Å². The molecule has 5 nitrogen and oxygen atoms in total. The van der Waals surface area contributed by atoms with Gasteiger partial charge in [0.25, 0.3) is 0 Å². The second-order valence-electron chi connectivity index (χ2n) is 7.31. The van der Waals surface area contributed by atoms with Crippen LogP contribution in [0.1, 0.15) is 36.8 Å². The summed E-state index contributed by atoms with van der Waals surface area (Å²) in [5.41, 5.74) is 2.77. The van der Waals surface area contributed by atoms with E-state index in [0.29, 0.717) is 12.6 Å². The number of amides is 1. The number of rotatable bonds is 7. The number of carbonyl (C=O) groups is 1. The second kappa shape index (κ2) is 9.24. The number of ether oxygens (including phenoxy) is 1. The minimum absolute atomic E-state index is 0.162. The van der Waals surface area contributed by atoms with Crippen LogP contribution in [-0.4, -0.2) is 21.6 Å². The number of hydrogen-bond acceptors (Lipinski definition) is 3. The van der Waals surface area contributed by atoms with E-state index < -0.39 is 0 Å². The van der Waals surface area contributed by atoms with Crippen molar-refractivity contribution in [2.45, 2.75) is 38.3 Å². The van der Waals surface area contributed by atoms with Crippen LogP contribution in [-0.2, 0) is 11.3 Å². The molecule has 1 aliphatic rings. The van der Waals surface area contributed by atoms with Gasteiger partial charge in [-0.2, -0.15) is 0 Å². The fourth-order valence-electron chi connectivity index (χ4n) is 3.59. The zero-order valence-corrected chi connectivity index (χ0v) is 16.3. The average molecular weight is 387 g/mol. The molecular weight excluding hydrogens is 362 g/mol. The van der Waals surface area contributed by atoms with Crippen LogP contribution in [0.2, 0.25) is 0 Å². The SMILES string of the molecule is O=C(/C=C/c1cccc(OC2CCCC2)c1)Nc1ccccc1Cn1ccnc1. The van der Waals surface area contributed by atoms with Crippen LogP contribution in [0.15, 0.2) is 73.3 Å². The lowest BCUT2D eigenvalue weighted by Crippen LogP contribution is -2.11. The van der Waals surface area contributed by atoms with Gasteiger partial charge in [-0.1, -0.05) is 30.3 Å². The van der Waals surface area contributed by atoms with Crippen molar-refractivity contribution in [3.05, 3.63) is 84.5 Å². The van der Waals surface area contributed by atoms with E-state index in [0.717, 1.165) is 35.4 Å². The standard InChI is InChI=1S/C24H25N3O2/c28-24(26-23-11-4-1-7-20(23)17-27-15-14-25-18-27)13-12-19-6-5-10-22(16-19)29-21-8-2-3-9-21/h1,4-7,10-16,18,21H,2-3,8-9,17H2,(H,26,28)/b13-12+. The average Bonchev–Trinajstić information content (AvgIpc) is 3.43. The molecule has 1 heterocycles. The van der Waals surface area contributed by atoms with E-state index in [9.17, 15) is 4.79 Å². The van der Waals surface area contributed by atoms with Crippen molar-refractivity contribution >= 4 is 17.7 Å². The van der Waals surface area contributed by atoms with Crippen molar-refractivity contribution in [3.63, 3.8) is 0 Å². The lowest BCUT2D eigenvalue weighted by Gasteiger charge is -2.13. The number of nitrogens with one attached hydrogen (secondary N) is 1. The molecular formula is C24H25N3O2. The zero-order chi connectivity index (χ0) is 19.9. The van der Waals surface area contributed by atoms with Gasteiger partial charge in [0.05, 0.1) is 19.0 Å². The first-order valence-corrected chi connectivity index (χ1v) is 10.1. The highest BCUT2D eigenvalue weighted by Gasteiger charge is 2.16. The molecule has 2 aromatic carbocycles. The Labute approximate surface area is 171 Å². The summed E-state index contributed by atoms with van der Waals surface area (Å²) in [7, 11) is 0. The van der Waals surface area contributed by atoms with Gasteiger partial charge in [-0.3, -0.25) is 4.79 Å². The fraction of sp³-hybridized carbons (Fsp3) is 0.250. The zero-order valence-electron chi connectivity index (χ0n) is 16.3. The summed E-state index contributed by atoms with van der Waals surface area (Å²) in [4.78, 5) is 16.5. The maximum absolute atomic E-state index is 12.5. The number of benzene rings is 2. The van der Waals surface area contributed by atoms with Gasteiger partial charge in [-0.05, 0) is 61.1 Å². The molecule has 0 spiro atoms. The lowest BCUT2D eigenvalue weighted by molar-refractivity contribution is -0.111. The molecule has 1 amide bonds. The number of aromatic nitrogens is 2. The van der Waals surface area contributed by atoms with Gasteiger partial charge < -0.3 is 14.6 Å². The van der Waals surface area contributed by atoms with Crippen molar-refractivity contribution in [3.8, 4) is 5.75 Å². The molecule has 4 rings (SSSR count). The Bertz CT molecular complexity index is 973. The molecule has 0 aliphatic heterocycles. The normalized spacial score (nSPS) is 14.3. The van der Waals surface area contributed by atoms with E-state index in [1.165, 1.54) is 12.8 Å². The third-order valence-electron chi connectivity index (χ3n) is 5.08. The Morgan fingerprint density at radius 1 is 1.17 bits per heavy atom. The molecule has 0 bridgehead atoms. The Hall–Kier alpha value is -3.34. The highest BCUT2D eigenvalue weighted by atomic mass is 16.5. The first-order valence-electron chi connectivity index (χ1n) is 10.1.